The smallest absolute Gasteiger partial charge is 0.306 e. The average molecular weight is 233 g/mol. The Morgan fingerprint density at radius 2 is 1.82 bits per heavy atom. The van der Waals surface area contributed by atoms with Gasteiger partial charge < -0.3 is 10.0 Å². The van der Waals surface area contributed by atoms with E-state index in [1.54, 1.807) is 12.1 Å². The van der Waals surface area contributed by atoms with Crippen molar-refractivity contribution >= 4 is 17.9 Å². The molecule has 0 saturated carbocycles. The van der Waals surface area contributed by atoms with E-state index in [9.17, 15) is 9.59 Å². The Balaban J connectivity index is 2.00. The number of nitrogens with zero attached hydrogens (tertiary/aromatic N) is 1. The molecular weight excluding hydrogens is 218 g/mol. The maximum atomic E-state index is 10.8. The Labute approximate surface area is 99.9 Å². The van der Waals surface area contributed by atoms with E-state index in [0.717, 1.165) is 25.1 Å². The first-order valence-electron chi connectivity index (χ1n) is 5.73. The molecule has 1 aliphatic heterocycles. The van der Waals surface area contributed by atoms with E-state index in [-0.39, 0.29) is 5.92 Å². The van der Waals surface area contributed by atoms with Crippen molar-refractivity contribution in [3.63, 3.8) is 0 Å². The zero-order valence-electron chi connectivity index (χ0n) is 9.50. The molecule has 17 heavy (non-hydrogen) atoms. The van der Waals surface area contributed by atoms with Crippen molar-refractivity contribution in [1.29, 1.82) is 0 Å². The second-order valence-electron chi connectivity index (χ2n) is 4.31. The van der Waals surface area contributed by atoms with E-state index in [1.807, 2.05) is 12.1 Å². The van der Waals surface area contributed by atoms with E-state index < -0.39 is 5.97 Å². The van der Waals surface area contributed by atoms with Crippen LogP contribution in [0.25, 0.3) is 0 Å². The van der Waals surface area contributed by atoms with Crippen molar-refractivity contribution < 1.29 is 14.7 Å². The molecule has 1 N–H and O–H groups in total. The molecule has 1 aliphatic rings. The molecule has 0 amide bonds. The van der Waals surface area contributed by atoms with E-state index in [4.69, 9.17) is 5.11 Å². The Kier molecular flexibility index (Phi) is 3.42. The van der Waals surface area contributed by atoms with Crippen LogP contribution < -0.4 is 4.90 Å². The van der Waals surface area contributed by atoms with E-state index in [0.29, 0.717) is 18.4 Å². The van der Waals surface area contributed by atoms with Gasteiger partial charge >= 0.3 is 5.97 Å². The van der Waals surface area contributed by atoms with E-state index in [1.165, 1.54) is 0 Å². The summed E-state index contributed by atoms with van der Waals surface area (Å²) in [4.78, 5) is 23.5. The molecule has 1 heterocycles. The van der Waals surface area contributed by atoms with Crippen LogP contribution in [-0.2, 0) is 4.79 Å². The summed E-state index contributed by atoms with van der Waals surface area (Å²) in [5.41, 5.74) is 1.72. The van der Waals surface area contributed by atoms with Crippen molar-refractivity contribution in [3.05, 3.63) is 29.8 Å². The number of carbonyl (C=O) groups is 2. The Morgan fingerprint density at radius 1 is 1.24 bits per heavy atom. The number of anilines is 1. The van der Waals surface area contributed by atoms with E-state index >= 15 is 0 Å². The number of carbonyl (C=O) groups excluding carboxylic acids is 1. The van der Waals surface area contributed by atoms with Gasteiger partial charge in [-0.3, -0.25) is 9.59 Å². The molecule has 0 aromatic heterocycles. The summed E-state index contributed by atoms with van der Waals surface area (Å²) in [6.07, 6.45) is 2.19. The molecule has 0 bridgehead atoms. The van der Waals surface area contributed by atoms with Gasteiger partial charge in [-0.25, -0.2) is 0 Å². The molecule has 1 fully saturated rings. The first-order valence-corrected chi connectivity index (χ1v) is 5.73. The van der Waals surface area contributed by atoms with Crippen LogP contribution in [-0.4, -0.2) is 30.5 Å². The maximum Gasteiger partial charge on any atom is 0.306 e. The van der Waals surface area contributed by atoms with Gasteiger partial charge in [-0.15, -0.1) is 0 Å². The molecule has 0 aliphatic carbocycles. The molecule has 0 radical (unpaired) electrons. The van der Waals surface area contributed by atoms with Gasteiger partial charge in [0, 0.05) is 24.3 Å². The van der Waals surface area contributed by atoms with Gasteiger partial charge in [0.1, 0.15) is 6.29 Å². The highest BCUT2D eigenvalue weighted by molar-refractivity contribution is 5.75. The maximum absolute atomic E-state index is 10.8. The van der Waals surface area contributed by atoms with Crippen molar-refractivity contribution in [2.75, 3.05) is 18.0 Å². The molecule has 1 aromatic rings. The number of carboxylic acids is 1. The van der Waals surface area contributed by atoms with Crippen molar-refractivity contribution in [2.45, 2.75) is 12.8 Å². The van der Waals surface area contributed by atoms with Crippen LogP contribution >= 0.6 is 0 Å². The molecule has 1 saturated heterocycles. The molecule has 0 spiro atoms. The minimum absolute atomic E-state index is 0.208. The molecule has 0 atom stereocenters. The highest BCUT2D eigenvalue weighted by atomic mass is 16.4. The monoisotopic (exact) mass is 233 g/mol. The van der Waals surface area contributed by atoms with Crippen LogP contribution in [0, 0.1) is 5.92 Å². The standard InChI is InChI=1S/C13H15NO3/c15-9-10-1-3-12(4-2-10)14-7-5-11(6-8-14)13(16)17/h1-4,9,11H,5-8H2,(H,16,17). The molecule has 90 valence electrons. The summed E-state index contributed by atoms with van der Waals surface area (Å²) in [7, 11) is 0. The Morgan fingerprint density at radius 3 is 2.29 bits per heavy atom. The number of aldehydes is 1. The first-order chi connectivity index (χ1) is 8.20. The summed E-state index contributed by atoms with van der Waals surface area (Å²) >= 11 is 0. The highest BCUT2D eigenvalue weighted by Crippen LogP contribution is 2.23. The molecule has 4 nitrogen and oxygen atoms in total. The Bertz CT molecular complexity index is 405. The third kappa shape index (κ3) is 2.64. The SMILES string of the molecule is O=Cc1ccc(N2CCC(C(=O)O)CC2)cc1. The topological polar surface area (TPSA) is 57.6 Å². The summed E-state index contributed by atoms with van der Waals surface area (Å²) < 4.78 is 0. The van der Waals surface area contributed by atoms with Crippen LogP contribution in [0.3, 0.4) is 0 Å². The zero-order chi connectivity index (χ0) is 12.3. The van der Waals surface area contributed by atoms with Gasteiger partial charge in [0.2, 0.25) is 0 Å². The summed E-state index contributed by atoms with van der Waals surface area (Å²) in [6.45, 7) is 1.52. The van der Waals surface area contributed by atoms with Gasteiger partial charge in [-0.2, -0.15) is 0 Å². The summed E-state index contributed by atoms with van der Waals surface area (Å²) in [5.74, 6) is -0.901. The minimum atomic E-state index is -0.694. The lowest BCUT2D eigenvalue weighted by atomic mass is 9.97. The van der Waals surface area contributed by atoms with Crippen molar-refractivity contribution in [3.8, 4) is 0 Å². The fourth-order valence-corrected chi connectivity index (χ4v) is 2.15. The van der Waals surface area contributed by atoms with Crippen LogP contribution in [0.15, 0.2) is 24.3 Å². The second kappa shape index (κ2) is 4.99. The molecule has 1 aromatic carbocycles. The molecule has 0 unspecified atom stereocenters. The fraction of sp³-hybridized carbons (Fsp3) is 0.385. The van der Waals surface area contributed by atoms with Gasteiger partial charge in [-0.1, -0.05) is 0 Å². The van der Waals surface area contributed by atoms with Crippen LogP contribution in [0.1, 0.15) is 23.2 Å². The molecular formula is C13H15NO3. The van der Waals surface area contributed by atoms with Crippen LogP contribution in [0.4, 0.5) is 5.69 Å². The lowest BCUT2D eigenvalue weighted by molar-refractivity contribution is -0.142. The molecule has 2 rings (SSSR count). The number of aliphatic carboxylic acids is 1. The number of hydrogen-bond acceptors (Lipinski definition) is 3. The minimum Gasteiger partial charge on any atom is -0.481 e. The third-order valence-corrected chi connectivity index (χ3v) is 3.24. The second-order valence-corrected chi connectivity index (χ2v) is 4.31. The largest absolute Gasteiger partial charge is 0.481 e. The average Bonchev–Trinajstić information content (AvgIpc) is 2.39. The fourth-order valence-electron chi connectivity index (χ4n) is 2.15. The predicted molar refractivity (Wildman–Crippen MR) is 64.4 cm³/mol. The van der Waals surface area contributed by atoms with Gasteiger partial charge in [0.05, 0.1) is 5.92 Å². The normalized spacial score (nSPS) is 16.8. The lowest BCUT2D eigenvalue weighted by Crippen LogP contribution is -2.36. The summed E-state index contributed by atoms with van der Waals surface area (Å²) in [6, 6.07) is 7.38. The molecule has 4 heteroatoms. The Hall–Kier alpha value is -1.84. The summed E-state index contributed by atoms with van der Waals surface area (Å²) in [5, 5.41) is 8.91. The van der Waals surface area contributed by atoms with Gasteiger partial charge in [0.15, 0.2) is 0 Å². The number of hydrogen-bond donors (Lipinski definition) is 1. The van der Waals surface area contributed by atoms with Crippen molar-refractivity contribution in [1.82, 2.24) is 0 Å². The van der Waals surface area contributed by atoms with Crippen molar-refractivity contribution in [2.24, 2.45) is 5.92 Å². The van der Waals surface area contributed by atoms with Gasteiger partial charge in [-0.05, 0) is 37.1 Å². The number of rotatable bonds is 3. The van der Waals surface area contributed by atoms with Crippen LogP contribution in [0.5, 0.6) is 0 Å². The van der Waals surface area contributed by atoms with Gasteiger partial charge in [0.25, 0.3) is 0 Å². The zero-order valence-corrected chi connectivity index (χ0v) is 9.50. The predicted octanol–water partition coefficient (Wildman–Crippen LogP) is 1.80. The van der Waals surface area contributed by atoms with E-state index in [2.05, 4.69) is 4.90 Å². The van der Waals surface area contributed by atoms with Crippen LogP contribution in [0.2, 0.25) is 0 Å². The first kappa shape index (κ1) is 11.6. The quantitative estimate of drug-likeness (QED) is 0.809. The number of carboxylic acid groups (broad SMARTS) is 1. The highest BCUT2D eigenvalue weighted by Gasteiger charge is 2.24. The lowest BCUT2D eigenvalue weighted by Gasteiger charge is -2.31. The number of piperidine rings is 1. The third-order valence-electron chi connectivity index (χ3n) is 3.24. The number of benzene rings is 1.